The molecular weight excluding hydrogens is 314 g/mol. The number of nitrogens with zero attached hydrogens (tertiary/aromatic N) is 1. The highest BCUT2D eigenvalue weighted by Gasteiger charge is 2.19. The molecule has 5 aromatic rings. The van der Waals surface area contributed by atoms with Crippen molar-refractivity contribution in [2.24, 2.45) is 7.05 Å². The van der Waals surface area contributed by atoms with Crippen molar-refractivity contribution in [2.75, 3.05) is 0 Å². The Morgan fingerprint density at radius 1 is 0.615 bits per heavy atom. The van der Waals surface area contributed by atoms with Crippen molar-refractivity contribution < 1.29 is 4.57 Å². The molecule has 0 aliphatic rings. The van der Waals surface area contributed by atoms with Crippen LogP contribution < -0.4 is 4.57 Å². The molecule has 1 heteroatoms. The van der Waals surface area contributed by atoms with Crippen LogP contribution in [0.1, 0.15) is 5.56 Å². The van der Waals surface area contributed by atoms with Crippen LogP contribution in [-0.4, -0.2) is 0 Å². The number of fused-ring (bicyclic) bond motifs is 4. The second kappa shape index (κ2) is 5.67. The lowest BCUT2D eigenvalue weighted by Crippen LogP contribution is -2.30. The third kappa shape index (κ3) is 2.14. The zero-order chi connectivity index (χ0) is 17.7. The van der Waals surface area contributed by atoms with Crippen molar-refractivity contribution in [1.82, 2.24) is 0 Å². The molecular formula is C25H20N+. The Hall–Kier alpha value is -3.19. The first-order valence-corrected chi connectivity index (χ1v) is 9.03. The zero-order valence-corrected chi connectivity index (χ0v) is 15.0. The lowest BCUT2D eigenvalue weighted by Gasteiger charge is -2.12. The minimum Gasteiger partial charge on any atom is -0.200 e. The molecule has 0 N–H and O–H groups in total. The Kier molecular flexibility index (Phi) is 3.29. The Labute approximate surface area is 153 Å². The molecule has 1 nitrogen and oxygen atoms in total. The SMILES string of the molecule is Cc1c(-c2c3c(ccc4ccccc43)cc[n+]2C)ccc2ccccc12. The molecule has 26 heavy (non-hydrogen) atoms. The summed E-state index contributed by atoms with van der Waals surface area (Å²) in [6, 6.07) is 28.5. The monoisotopic (exact) mass is 334 g/mol. The van der Waals surface area contributed by atoms with Crippen LogP contribution in [0.4, 0.5) is 0 Å². The number of hydrogen-bond donors (Lipinski definition) is 0. The van der Waals surface area contributed by atoms with Gasteiger partial charge in [-0.25, -0.2) is 4.57 Å². The summed E-state index contributed by atoms with van der Waals surface area (Å²) in [6.45, 7) is 2.24. The molecule has 0 aliphatic carbocycles. The van der Waals surface area contributed by atoms with E-state index in [9.17, 15) is 0 Å². The predicted molar refractivity (Wildman–Crippen MR) is 110 cm³/mol. The summed E-state index contributed by atoms with van der Waals surface area (Å²) < 4.78 is 2.26. The molecule has 0 saturated heterocycles. The van der Waals surface area contributed by atoms with Gasteiger partial charge in [0, 0.05) is 6.07 Å². The van der Waals surface area contributed by atoms with Gasteiger partial charge in [0.1, 0.15) is 7.05 Å². The Balaban J connectivity index is 1.97. The van der Waals surface area contributed by atoms with E-state index in [1.165, 1.54) is 49.1 Å². The number of benzene rings is 4. The number of aromatic nitrogens is 1. The van der Waals surface area contributed by atoms with Crippen LogP contribution in [0.2, 0.25) is 0 Å². The highest BCUT2D eigenvalue weighted by Crippen LogP contribution is 2.35. The van der Waals surface area contributed by atoms with Gasteiger partial charge < -0.3 is 0 Å². The fourth-order valence-electron chi connectivity index (χ4n) is 4.14. The Morgan fingerprint density at radius 3 is 2.04 bits per heavy atom. The predicted octanol–water partition coefficient (Wildman–Crippen LogP) is 5.95. The van der Waals surface area contributed by atoms with Crippen LogP contribution in [0.25, 0.3) is 43.6 Å². The third-order valence-electron chi connectivity index (χ3n) is 5.48. The largest absolute Gasteiger partial charge is 0.221 e. The van der Waals surface area contributed by atoms with Crippen molar-refractivity contribution in [2.45, 2.75) is 6.92 Å². The second-order valence-corrected chi connectivity index (χ2v) is 6.99. The van der Waals surface area contributed by atoms with Crippen molar-refractivity contribution in [1.29, 1.82) is 0 Å². The highest BCUT2D eigenvalue weighted by molar-refractivity contribution is 6.13. The van der Waals surface area contributed by atoms with Gasteiger partial charge in [-0.3, -0.25) is 0 Å². The summed E-state index contributed by atoms with van der Waals surface area (Å²) >= 11 is 0. The summed E-state index contributed by atoms with van der Waals surface area (Å²) in [5.74, 6) is 0. The van der Waals surface area contributed by atoms with E-state index >= 15 is 0 Å². The molecule has 1 heterocycles. The minimum absolute atomic E-state index is 1.28. The topological polar surface area (TPSA) is 3.88 Å². The maximum Gasteiger partial charge on any atom is 0.221 e. The number of rotatable bonds is 1. The second-order valence-electron chi connectivity index (χ2n) is 6.99. The van der Waals surface area contributed by atoms with Crippen molar-refractivity contribution in [3.8, 4) is 11.3 Å². The first kappa shape index (κ1) is 15.1. The smallest absolute Gasteiger partial charge is 0.200 e. The summed E-state index contributed by atoms with van der Waals surface area (Å²) in [6.07, 6.45) is 2.17. The molecule has 0 radical (unpaired) electrons. The molecule has 0 bridgehead atoms. The van der Waals surface area contributed by atoms with Gasteiger partial charge in [0.2, 0.25) is 5.69 Å². The first-order valence-electron chi connectivity index (χ1n) is 9.03. The molecule has 0 spiro atoms. The summed E-state index contributed by atoms with van der Waals surface area (Å²) in [5, 5.41) is 7.81. The highest BCUT2D eigenvalue weighted by atomic mass is 14.9. The van der Waals surface area contributed by atoms with Crippen LogP contribution in [0, 0.1) is 6.92 Å². The molecule has 1 aromatic heterocycles. The maximum atomic E-state index is 2.27. The van der Waals surface area contributed by atoms with E-state index in [1.807, 2.05) is 0 Å². The summed E-state index contributed by atoms with van der Waals surface area (Å²) in [4.78, 5) is 0. The van der Waals surface area contributed by atoms with E-state index < -0.39 is 0 Å². The zero-order valence-electron chi connectivity index (χ0n) is 15.0. The van der Waals surface area contributed by atoms with Crippen molar-refractivity contribution in [3.05, 3.63) is 90.6 Å². The van der Waals surface area contributed by atoms with E-state index in [2.05, 4.69) is 104 Å². The van der Waals surface area contributed by atoms with E-state index in [4.69, 9.17) is 0 Å². The van der Waals surface area contributed by atoms with Gasteiger partial charge in [0.15, 0.2) is 6.20 Å². The standard InChI is InChI=1S/C25H20N/c1-17-21-9-5-3-7-18(21)13-14-22(17)25-24-20(15-16-26(25)2)12-11-19-8-4-6-10-23(19)24/h3-16H,1-2H3/q+1. The van der Waals surface area contributed by atoms with Gasteiger partial charge in [-0.15, -0.1) is 0 Å². The number of aryl methyl sites for hydroxylation is 2. The van der Waals surface area contributed by atoms with Gasteiger partial charge in [-0.05, 0) is 45.5 Å². The van der Waals surface area contributed by atoms with Crippen LogP contribution in [0.5, 0.6) is 0 Å². The fourth-order valence-corrected chi connectivity index (χ4v) is 4.14. The molecule has 0 unspecified atom stereocenters. The summed E-state index contributed by atoms with van der Waals surface area (Å²) in [5.41, 5.74) is 3.91. The maximum absolute atomic E-state index is 2.27. The van der Waals surface area contributed by atoms with E-state index in [1.54, 1.807) is 0 Å². The van der Waals surface area contributed by atoms with Crippen molar-refractivity contribution in [3.63, 3.8) is 0 Å². The average Bonchev–Trinajstić information content (AvgIpc) is 2.69. The molecule has 0 aliphatic heterocycles. The van der Waals surface area contributed by atoms with Crippen LogP contribution in [-0.2, 0) is 7.05 Å². The van der Waals surface area contributed by atoms with Crippen LogP contribution in [0.15, 0.2) is 85.1 Å². The van der Waals surface area contributed by atoms with Gasteiger partial charge in [0.05, 0.1) is 10.9 Å². The number of hydrogen-bond acceptors (Lipinski definition) is 0. The van der Waals surface area contributed by atoms with Gasteiger partial charge in [-0.1, -0.05) is 66.7 Å². The normalized spacial score (nSPS) is 11.5. The fraction of sp³-hybridized carbons (Fsp3) is 0.0800. The lowest BCUT2D eigenvalue weighted by molar-refractivity contribution is -0.659. The van der Waals surface area contributed by atoms with Crippen molar-refractivity contribution >= 4 is 32.3 Å². The van der Waals surface area contributed by atoms with E-state index in [-0.39, 0.29) is 0 Å². The van der Waals surface area contributed by atoms with Crippen LogP contribution >= 0.6 is 0 Å². The van der Waals surface area contributed by atoms with E-state index in [0.717, 1.165) is 0 Å². The Morgan fingerprint density at radius 2 is 1.23 bits per heavy atom. The van der Waals surface area contributed by atoms with Crippen LogP contribution in [0.3, 0.4) is 0 Å². The van der Waals surface area contributed by atoms with E-state index in [0.29, 0.717) is 0 Å². The quantitative estimate of drug-likeness (QED) is 0.263. The van der Waals surface area contributed by atoms with Gasteiger partial charge >= 0.3 is 0 Å². The molecule has 4 aromatic carbocycles. The molecule has 5 rings (SSSR count). The summed E-state index contributed by atoms with van der Waals surface area (Å²) in [7, 11) is 2.14. The average molecular weight is 334 g/mol. The Bertz CT molecular complexity index is 1300. The van der Waals surface area contributed by atoms with Gasteiger partial charge in [0.25, 0.3) is 0 Å². The first-order chi connectivity index (χ1) is 12.7. The molecule has 124 valence electrons. The molecule has 0 saturated carbocycles. The molecule has 0 atom stereocenters. The minimum atomic E-state index is 1.28. The van der Waals surface area contributed by atoms with Gasteiger partial charge in [-0.2, -0.15) is 0 Å². The molecule has 0 fully saturated rings. The molecule has 0 amide bonds. The number of pyridine rings is 1. The lowest BCUT2D eigenvalue weighted by atomic mass is 9.93. The third-order valence-corrected chi connectivity index (χ3v) is 5.48.